The van der Waals surface area contributed by atoms with Gasteiger partial charge in [0.05, 0.1) is 35.6 Å². The zero-order chi connectivity index (χ0) is 51.1. The van der Waals surface area contributed by atoms with Crippen LogP contribution in [-0.2, 0) is 47.3 Å². The van der Waals surface area contributed by atoms with Crippen LogP contribution in [0.2, 0.25) is 18.1 Å². The third kappa shape index (κ3) is 8.82. The third-order valence-electron chi connectivity index (χ3n) is 15.8. The number of rotatable bonds is 15. The Morgan fingerprint density at radius 2 is 1.36 bits per heavy atom. The van der Waals surface area contributed by atoms with E-state index in [9.17, 15) is 34.5 Å². The van der Waals surface area contributed by atoms with Gasteiger partial charge in [0.15, 0.2) is 31.9 Å². The number of ketones is 1. The van der Waals surface area contributed by atoms with E-state index in [1.807, 2.05) is 20.8 Å². The van der Waals surface area contributed by atoms with Crippen molar-refractivity contribution < 1.29 is 72.2 Å². The molecule has 376 valence electrons. The van der Waals surface area contributed by atoms with Gasteiger partial charge in [0.1, 0.15) is 30.0 Å². The number of carbonyl (C=O) groups excluding carboxylic acids is 6. The summed E-state index contributed by atoms with van der Waals surface area (Å²) in [6.45, 7) is 13.7. The van der Waals surface area contributed by atoms with Crippen molar-refractivity contribution in [1.82, 2.24) is 5.32 Å². The predicted octanol–water partition coefficient (Wildman–Crippen LogP) is 5.74. The van der Waals surface area contributed by atoms with Crippen LogP contribution in [0, 0.1) is 16.7 Å². The second-order valence-corrected chi connectivity index (χ2v) is 24.5. The van der Waals surface area contributed by atoms with Crippen molar-refractivity contribution >= 4 is 43.9 Å². The van der Waals surface area contributed by atoms with Crippen LogP contribution in [0.3, 0.4) is 0 Å². The largest absolute Gasteiger partial charge is 0.456 e. The average molecular weight is 984 g/mol. The molecule has 2 bridgehead atoms. The fraction of sp³-hybridized carbons (Fsp3) is 0.509. The molecule has 3 fully saturated rings. The van der Waals surface area contributed by atoms with Crippen molar-refractivity contribution in [2.45, 2.75) is 147 Å². The van der Waals surface area contributed by atoms with Crippen molar-refractivity contribution in [3.8, 4) is 0 Å². The van der Waals surface area contributed by atoms with Gasteiger partial charge in [-0.1, -0.05) is 101 Å². The van der Waals surface area contributed by atoms with Crippen LogP contribution in [0.1, 0.15) is 101 Å². The molecule has 1 heterocycles. The van der Waals surface area contributed by atoms with Crippen LogP contribution in [0.4, 0.5) is 0 Å². The van der Waals surface area contributed by atoms with Crippen molar-refractivity contribution in [1.29, 1.82) is 0 Å². The van der Waals surface area contributed by atoms with E-state index >= 15 is 9.59 Å². The summed E-state index contributed by atoms with van der Waals surface area (Å²) in [6, 6.07) is 25.9. The highest BCUT2D eigenvalue weighted by Crippen LogP contribution is 2.64. The Bertz CT molecular complexity index is 2490. The highest BCUT2D eigenvalue weighted by Gasteiger charge is 2.80. The lowest BCUT2D eigenvalue weighted by Gasteiger charge is -2.68. The van der Waals surface area contributed by atoms with Gasteiger partial charge in [-0.15, -0.1) is 0 Å². The Kier molecular flexibility index (Phi) is 14.9. The smallest absolute Gasteiger partial charge is 0.338 e. The highest BCUT2D eigenvalue weighted by atomic mass is 28.4. The number of carbonyl (C=O) groups is 6. The summed E-state index contributed by atoms with van der Waals surface area (Å²) in [5, 5.41) is 41.0. The molecule has 3 aromatic rings. The second-order valence-electron chi connectivity index (χ2n) is 19.8. The van der Waals surface area contributed by atoms with Crippen molar-refractivity contribution in [3.05, 3.63) is 119 Å². The Morgan fingerprint density at radius 3 is 1.87 bits per heavy atom. The minimum Gasteiger partial charge on any atom is -0.456 e. The average Bonchev–Trinajstić information content (AvgIpc) is 3.33. The Labute approximate surface area is 409 Å². The Balaban J connectivity index is 1.45. The molecular weight excluding hydrogens is 919 g/mol. The number of aliphatic hydroxyl groups excluding tert-OH is 2. The van der Waals surface area contributed by atoms with Gasteiger partial charge in [-0.05, 0) is 73.0 Å². The van der Waals surface area contributed by atoms with Crippen molar-refractivity contribution in [2.24, 2.45) is 16.7 Å². The molecule has 16 nitrogen and oxygen atoms in total. The molecule has 17 heteroatoms. The highest BCUT2D eigenvalue weighted by molar-refractivity contribution is 6.73. The minimum absolute atomic E-state index is 0.0243. The van der Waals surface area contributed by atoms with E-state index in [0.717, 1.165) is 13.8 Å². The summed E-state index contributed by atoms with van der Waals surface area (Å²) in [5.41, 5.74) is -7.46. The van der Waals surface area contributed by atoms with E-state index in [1.54, 1.807) is 99.6 Å². The van der Waals surface area contributed by atoms with E-state index < -0.39 is 134 Å². The summed E-state index contributed by atoms with van der Waals surface area (Å²) in [6.07, 6.45) is -12.7. The lowest BCUT2D eigenvalue weighted by atomic mass is 9.44. The molecule has 70 heavy (non-hydrogen) atoms. The molecule has 1 saturated heterocycles. The van der Waals surface area contributed by atoms with Gasteiger partial charge in [0.25, 0.3) is 5.91 Å². The molecule has 1 unspecified atom stereocenters. The molecule has 4 N–H and O–H groups in total. The Morgan fingerprint density at radius 1 is 0.800 bits per heavy atom. The second kappa shape index (κ2) is 19.9. The topological polar surface area (TPSA) is 231 Å². The summed E-state index contributed by atoms with van der Waals surface area (Å²) < 4.78 is 38.0. The Hall–Kier alpha value is -5.56. The fourth-order valence-electron chi connectivity index (χ4n) is 11.7. The van der Waals surface area contributed by atoms with Crippen LogP contribution in [-0.4, -0.2) is 120 Å². The number of fused-ring (bicyclic) bond motifs is 5. The first-order chi connectivity index (χ1) is 33.1. The van der Waals surface area contributed by atoms with Crippen LogP contribution in [0.15, 0.2) is 102 Å². The molecule has 1 aliphatic heterocycles. The molecule has 2 saturated carbocycles. The number of hydrogen-bond donors (Lipinski definition) is 4. The van der Waals surface area contributed by atoms with Crippen LogP contribution in [0.25, 0.3) is 0 Å². The van der Waals surface area contributed by atoms with E-state index in [0.29, 0.717) is 29.3 Å². The maximum absolute atomic E-state index is 15.8. The summed E-state index contributed by atoms with van der Waals surface area (Å²) in [5.74, 6) is -6.88. The number of ether oxygens (including phenoxy) is 5. The van der Waals surface area contributed by atoms with Crippen molar-refractivity contribution in [3.63, 3.8) is 0 Å². The lowest BCUT2D eigenvalue weighted by Crippen LogP contribution is -2.85. The number of aliphatic hydroxyl groups is 3. The maximum atomic E-state index is 15.8. The van der Waals surface area contributed by atoms with E-state index in [2.05, 4.69) is 5.32 Å². The van der Waals surface area contributed by atoms with Gasteiger partial charge in [0, 0.05) is 31.2 Å². The monoisotopic (exact) mass is 983 g/mol. The molecule has 1 amide bonds. The maximum Gasteiger partial charge on any atom is 0.338 e. The number of amides is 1. The summed E-state index contributed by atoms with van der Waals surface area (Å²) in [4.78, 5) is 86.3. The standard InChI is InChI=1S/C53H65NO15Si/c1-10-70(11-2,12-3)69-41(38(33-22-16-13-17-23-33)54-47(60)34-24-18-14-19-25-34)49(62)66-36-28-53(63)46(67-48(61)35-26-20-15-21-27-35)42-51(9,43(58)39(57)45-52(42,29-64-45)68-32(6)56)44(59)40(65-31(5)55)37(30(36)4)50(53,7)8/h13-27,36,38-43,45-46,57-58,63H,10-12,28-29H2,1-9H3,(H,54,60)/t36-,38-,39+,40+,41+,42?,43-,45+,46-,51-,52+,53+/m0/s1. The molecule has 7 rings (SSSR count). The number of Topliss-reactive ketones (excluding diaryl/α,β-unsaturated/α-hetero) is 1. The minimum atomic E-state index is -2.77. The first kappa shape index (κ1) is 52.3. The molecule has 0 aromatic heterocycles. The molecule has 3 aromatic carbocycles. The van der Waals surface area contributed by atoms with Gasteiger partial charge in [0.2, 0.25) is 0 Å². The van der Waals surface area contributed by atoms with Crippen LogP contribution in [0.5, 0.6) is 0 Å². The zero-order valence-electron chi connectivity index (χ0n) is 41.1. The van der Waals surface area contributed by atoms with Crippen LogP contribution >= 0.6 is 0 Å². The molecule has 0 radical (unpaired) electrons. The molecule has 0 spiro atoms. The van der Waals surface area contributed by atoms with Gasteiger partial charge in [-0.25, -0.2) is 9.59 Å². The van der Waals surface area contributed by atoms with E-state index in [1.165, 1.54) is 19.1 Å². The SMILES string of the molecule is CC[Si](CC)(CC)O[C@@H](C(=O)O[C@H]1C[C@@]2(O)[C@@H](OC(=O)c3ccccc3)C3[C@](C)(C(=O)[C@H](OC(C)=O)C(=C1C)C2(C)C)[C@@H](O)[C@@H](O)[C@H]1OC[C@@]31OC(C)=O)[C@@H](NC(=O)c1ccccc1)c1ccccc1. The zero-order valence-corrected chi connectivity index (χ0v) is 42.1. The first-order valence-corrected chi connectivity index (χ1v) is 26.5. The predicted molar refractivity (Wildman–Crippen MR) is 255 cm³/mol. The summed E-state index contributed by atoms with van der Waals surface area (Å²) in [7, 11) is -2.77. The van der Waals surface area contributed by atoms with Crippen molar-refractivity contribution in [2.75, 3.05) is 6.61 Å². The number of hydrogen-bond acceptors (Lipinski definition) is 15. The number of esters is 4. The quantitative estimate of drug-likeness (QED) is 0.0616. The van der Waals surface area contributed by atoms with Gasteiger partial charge in [-0.3, -0.25) is 19.2 Å². The summed E-state index contributed by atoms with van der Waals surface area (Å²) >= 11 is 0. The molecule has 3 aliphatic carbocycles. The van der Waals surface area contributed by atoms with Gasteiger partial charge in [-0.2, -0.15) is 0 Å². The van der Waals surface area contributed by atoms with Gasteiger partial charge >= 0.3 is 23.9 Å². The number of nitrogens with one attached hydrogen (secondary N) is 1. The molecule has 12 atom stereocenters. The van der Waals surface area contributed by atoms with Crippen LogP contribution < -0.4 is 5.32 Å². The molecule has 4 aliphatic rings. The molecular formula is C53H65NO15Si. The third-order valence-corrected chi connectivity index (χ3v) is 20.4. The number of benzene rings is 3. The first-order valence-electron chi connectivity index (χ1n) is 23.9. The fourth-order valence-corrected chi connectivity index (χ4v) is 14.4. The lowest BCUT2D eigenvalue weighted by molar-refractivity contribution is -0.369. The van der Waals surface area contributed by atoms with E-state index in [-0.39, 0.29) is 16.7 Å². The van der Waals surface area contributed by atoms with Gasteiger partial charge < -0.3 is 48.7 Å². The normalized spacial score (nSPS) is 30.9. The van der Waals surface area contributed by atoms with E-state index in [4.69, 9.17) is 28.1 Å².